The van der Waals surface area contributed by atoms with Crippen molar-refractivity contribution in [2.24, 2.45) is 5.92 Å². The van der Waals surface area contributed by atoms with Gasteiger partial charge in [-0.3, -0.25) is 4.79 Å². The summed E-state index contributed by atoms with van der Waals surface area (Å²) >= 11 is 0. The first-order chi connectivity index (χ1) is 9.15. The van der Waals surface area contributed by atoms with Crippen molar-refractivity contribution < 1.29 is 14.3 Å². The third-order valence-corrected chi connectivity index (χ3v) is 3.65. The highest BCUT2D eigenvalue weighted by molar-refractivity contribution is 5.81. The van der Waals surface area contributed by atoms with E-state index in [1.807, 2.05) is 19.1 Å². The third kappa shape index (κ3) is 2.53. The Morgan fingerprint density at radius 2 is 2.26 bits per heavy atom. The summed E-state index contributed by atoms with van der Waals surface area (Å²) < 4.78 is 11.5. The number of benzene rings is 1. The molecule has 0 saturated heterocycles. The summed E-state index contributed by atoms with van der Waals surface area (Å²) in [4.78, 5) is 11.6. The molecular formula is C15H19NO3. The predicted octanol–water partition coefficient (Wildman–Crippen LogP) is 2.55. The molecule has 1 heterocycles. The monoisotopic (exact) mass is 261 g/mol. The van der Waals surface area contributed by atoms with Crippen molar-refractivity contribution in [3.8, 4) is 11.5 Å². The van der Waals surface area contributed by atoms with Crippen LogP contribution in [0.1, 0.15) is 25.3 Å². The molecule has 0 radical (unpaired) electrons. The normalized spacial score (nSPS) is 18.8. The van der Waals surface area contributed by atoms with Crippen LogP contribution in [-0.2, 0) is 4.79 Å². The Hall–Kier alpha value is -1.71. The van der Waals surface area contributed by atoms with Crippen molar-refractivity contribution in [1.29, 1.82) is 0 Å². The van der Waals surface area contributed by atoms with Crippen LogP contribution >= 0.6 is 0 Å². The fourth-order valence-electron chi connectivity index (χ4n) is 2.53. The van der Waals surface area contributed by atoms with E-state index in [1.165, 1.54) is 0 Å². The van der Waals surface area contributed by atoms with E-state index < -0.39 is 0 Å². The van der Waals surface area contributed by atoms with Crippen LogP contribution in [0, 0.1) is 12.8 Å². The Labute approximate surface area is 113 Å². The van der Waals surface area contributed by atoms with Crippen LogP contribution in [0.15, 0.2) is 12.1 Å². The standard InChI is InChI=1S/C15H19NO3/c1-9-7-12(8-13-14(9)16-5-6-18-13)19-15(10(2)17)11-3-4-11/h7-8,11,15-16H,3-6H2,1-2H3/t15-/m0/s1. The van der Waals surface area contributed by atoms with Crippen LogP contribution in [-0.4, -0.2) is 25.0 Å². The highest BCUT2D eigenvalue weighted by Gasteiger charge is 2.36. The van der Waals surface area contributed by atoms with Crippen molar-refractivity contribution in [2.75, 3.05) is 18.5 Å². The Balaban J connectivity index is 1.84. The lowest BCUT2D eigenvalue weighted by atomic mass is 10.1. The molecule has 0 amide bonds. The van der Waals surface area contributed by atoms with Crippen LogP contribution in [0.5, 0.6) is 11.5 Å². The number of carbonyl (C=O) groups excluding carboxylic acids is 1. The number of aryl methyl sites for hydroxylation is 1. The first-order valence-corrected chi connectivity index (χ1v) is 6.83. The zero-order valence-electron chi connectivity index (χ0n) is 11.4. The van der Waals surface area contributed by atoms with Gasteiger partial charge in [-0.1, -0.05) is 0 Å². The molecule has 0 bridgehead atoms. The van der Waals surface area contributed by atoms with Gasteiger partial charge < -0.3 is 14.8 Å². The molecule has 1 aromatic carbocycles. The van der Waals surface area contributed by atoms with Gasteiger partial charge >= 0.3 is 0 Å². The Morgan fingerprint density at radius 3 is 2.95 bits per heavy atom. The quantitative estimate of drug-likeness (QED) is 0.904. The molecule has 4 heteroatoms. The average Bonchev–Trinajstić information content (AvgIpc) is 3.20. The summed E-state index contributed by atoms with van der Waals surface area (Å²) in [5.41, 5.74) is 2.12. The van der Waals surface area contributed by atoms with E-state index in [2.05, 4.69) is 5.32 Å². The van der Waals surface area contributed by atoms with Crippen molar-refractivity contribution >= 4 is 11.5 Å². The van der Waals surface area contributed by atoms with Crippen LogP contribution in [0.25, 0.3) is 0 Å². The molecule has 102 valence electrons. The lowest BCUT2D eigenvalue weighted by Crippen LogP contribution is -2.27. The van der Waals surface area contributed by atoms with Crippen LogP contribution in [0.2, 0.25) is 0 Å². The van der Waals surface area contributed by atoms with Gasteiger partial charge in [0.25, 0.3) is 0 Å². The lowest BCUT2D eigenvalue weighted by Gasteiger charge is -2.23. The molecule has 0 aromatic heterocycles. The number of rotatable bonds is 4. The minimum Gasteiger partial charge on any atom is -0.489 e. The zero-order valence-corrected chi connectivity index (χ0v) is 11.4. The number of fused-ring (bicyclic) bond motifs is 1. The molecule has 2 aliphatic rings. The number of Topliss-reactive ketones (excluding diaryl/α,β-unsaturated/α-hetero) is 1. The van der Waals surface area contributed by atoms with E-state index in [9.17, 15) is 4.79 Å². The summed E-state index contributed by atoms with van der Waals surface area (Å²) in [6.07, 6.45) is 1.88. The van der Waals surface area contributed by atoms with E-state index in [4.69, 9.17) is 9.47 Å². The number of nitrogens with one attached hydrogen (secondary N) is 1. The smallest absolute Gasteiger partial charge is 0.170 e. The van der Waals surface area contributed by atoms with Gasteiger partial charge in [0.1, 0.15) is 18.1 Å². The first kappa shape index (κ1) is 12.3. The molecule has 4 nitrogen and oxygen atoms in total. The van der Waals surface area contributed by atoms with Crippen LogP contribution < -0.4 is 14.8 Å². The predicted molar refractivity (Wildman–Crippen MR) is 73.0 cm³/mol. The summed E-state index contributed by atoms with van der Waals surface area (Å²) in [6.45, 7) is 5.11. The van der Waals surface area contributed by atoms with Gasteiger partial charge in [0.2, 0.25) is 0 Å². The van der Waals surface area contributed by atoms with E-state index in [0.717, 1.165) is 42.1 Å². The molecule has 1 saturated carbocycles. The number of ether oxygens (including phenoxy) is 2. The molecule has 1 fully saturated rings. The van der Waals surface area contributed by atoms with Gasteiger partial charge in [-0.2, -0.15) is 0 Å². The summed E-state index contributed by atoms with van der Waals surface area (Å²) in [7, 11) is 0. The maximum Gasteiger partial charge on any atom is 0.170 e. The second-order valence-corrected chi connectivity index (χ2v) is 5.38. The van der Waals surface area contributed by atoms with Gasteiger partial charge in [0.05, 0.1) is 5.69 Å². The van der Waals surface area contributed by atoms with Crippen molar-refractivity contribution in [3.63, 3.8) is 0 Å². The van der Waals surface area contributed by atoms with Gasteiger partial charge in [-0.25, -0.2) is 0 Å². The average molecular weight is 261 g/mol. The molecule has 1 aromatic rings. The van der Waals surface area contributed by atoms with Crippen LogP contribution in [0.3, 0.4) is 0 Å². The SMILES string of the molecule is CC(=O)[C@H](Oc1cc(C)c2c(c1)OCCN2)C1CC1. The van der Waals surface area contributed by atoms with Crippen molar-refractivity contribution in [2.45, 2.75) is 32.8 Å². The zero-order chi connectivity index (χ0) is 13.4. The molecule has 1 aliphatic carbocycles. The molecule has 1 aliphatic heterocycles. The van der Waals surface area contributed by atoms with Crippen molar-refractivity contribution in [1.82, 2.24) is 0 Å². The highest BCUT2D eigenvalue weighted by Crippen LogP contribution is 2.39. The summed E-state index contributed by atoms with van der Waals surface area (Å²) in [5.74, 6) is 2.05. The minimum absolute atomic E-state index is 0.108. The van der Waals surface area contributed by atoms with Gasteiger partial charge in [0, 0.05) is 18.5 Å². The van der Waals surface area contributed by atoms with E-state index in [1.54, 1.807) is 6.92 Å². The molecular weight excluding hydrogens is 242 g/mol. The van der Waals surface area contributed by atoms with E-state index in [-0.39, 0.29) is 11.9 Å². The maximum absolute atomic E-state index is 11.6. The number of ketones is 1. The largest absolute Gasteiger partial charge is 0.489 e. The number of anilines is 1. The van der Waals surface area contributed by atoms with Gasteiger partial charge in [-0.05, 0) is 38.3 Å². The molecule has 0 spiro atoms. The highest BCUT2D eigenvalue weighted by atomic mass is 16.5. The Bertz CT molecular complexity index is 508. The molecule has 0 unspecified atom stereocenters. The molecule has 1 atom stereocenters. The molecule has 3 rings (SSSR count). The molecule has 19 heavy (non-hydrogen) atoms. The maximum atomic E-state index is 11.6. The van der Waals surface area contributed by atoms with Gasteiger partial charge in [-0.15, -0.1) is 0 Å². The van der Waals surface area contributed by atoms with E-state index >= 15 is 0 Å². The lowest BCUT2D eigenvalue weighted by molar-refractivity contribution is -0.124. The van der Waals surface area contributed by atoms with Gasteiger partial charge in [0.15, 0.2) is 11.9 Å². The summed E-state index contributed by atoms with van der Waals surface area (Å²) in [6, 6.07) is 3.85. The second-order valence-electron chi connectivity index (χ2n) is 5.38. The number of hydrogen-bond acceptors (Lipinski definition) is 4. The second kappa shape index (κ2) is 4.76. The number of carbonyl (C=O) groups is 1. The fourth-order valence-corrected chi connectivity index (χ4v) is 2.53. The van der Waals surface area contributed by atoms with Crippen LogP contribution in [0.4, 0.5) is 5.69 Å². The fraction of sp³-hybridized carbons (Fsp3) is 0.533. The Morgan fingerprint density at radius 1 is 1.47 bits per heavy atom. The van der Waals surface area contributed by atoms with E-state index in [0.29, 0.717) is 12.5 Å². The summed E-state index contributed by atoms with van der Waals surface area (Å²) in [5, 5.41) is 3.32. The first-order valence-electron chi connectivity index (χ1n) is 6.83. The molecule has 1 N–H and O–H groups in total. The minimum atomic E-state index is -0.297. The topological polar surface area (TPSA) is 47.6 Å². The third-order valence-electron chi connectivity index (χ3n) is 3.65. The van der Waals surface area contributed by atoms with Crippen molar-refractivity contribution in [3.05, 3.63) is 17.7 Å². The Kier molecular flexibility index (Phi) is 3.09. The number of hydrogen-bond donors (Lipinski definition) is 1.